The van der Waals surface area contributed by atoms with Crippen LogP contribution >= 0.6 is 0 Å². The van der Waals surface area contributed by atoms with Crippen molar-refractivity contribution in [2.75, 3.05) is 6.54 Å². The molecule has 8 N–H and O–H groups in total. The van der Waals surface area contributed by atoms with Gasteiger partial charge in [-0.15, -0.1) is 0 Å². The van der Waals surface area contributed by atoms with Crippen LogP contribution in [0.15, 0.2) is 16.8 Å². The summed E-state index contributed by atoms with van der Waals surface area (Å²) in [6, 6.07) is -2.81. The Hall–Kier alpha value is -3.72. The third kappa shape index (κ3) is 8.67. The zero-order valence-corrected chi connectivity index (χ0v) is 14.9. The minimum absolute atomic E-state index is 0.0594. The summed E-state index contributed by atoms with van der Waals surface area (Å²) in [4.78, 5) is 78.5. The molecule has 15 nitrogen and oxygen atoms in total. The molecule has 15 heteroatoms. The maximum absolute atomic E-state index is 12.0. The lowest BCUT2D eigenvalue weighted by molar-refractivity contribution is -0.263. The van der Waals surface area contributed by atoms with Gasteiger partial charge in [0.1, 0.15) is 12.1 Å². The molecule has 0 radical (unpaired) electrons. The van der Waals surface area contributed by atoms with E-state index in [1.165, 1.54) is 0 Å². The van der Waals surface area contributed by atoms with E-state index in [1.807, 2.05) is 0 Å². The van der Waals surface area contributed by atoms with Crippen molar-refractivity contribution >= 4 is 35.8 Å². The lowest BCUT2D eigenvalue weighted by Crippen LogP contribution is -2.37. The molecule has 0 saturated carbocycles. The Kier molecular flexibility index (Phi) is 9.00. The standard InChI is InChI=1S/C14H19N5O10/c15-6(2-1-3-19-14(17)18)11(22)25-8-5-10(21)27-26-9(20)4-7(16)12(23)28-29-13(8)24/h5-7H,1-4,15-16H2,(H4,17,18,19)/b8-5+. The van der Waals surface area contributed by atoms with E-state index in [9.17, 15) is 24.0 Å². The number of hydrogen-bond donors (Lipinski definition) is 4. The first-order chi connectivity index (χ1) is 13.6. The molecule has 2 unspecified atom stereocenters. The molecule has 1 heterocycles. The van der Waals surface area contributed by atoms with E-state index in [4.69, 9.17) is 22.9 Å². The Morgan fingerprint density at radius 1 is 1.17 bits per heavy atom. The van der Waals surface area contributed by atoms with Crippen molar-refractivity contribution in [1.29, 1.82) is 0 Å². The third-order valence-electron chi connectivity index (χ3n) is 3.04. The van der Waals surface area contributed by atoms with Gasteiger partial charge < -0.3 is 27.7 Å². The molecular weight excluding hydrogens is 398 g/mol. The first-order valence-corrected chi connectivity index (χ1v) is 7.94. The van der Waals surface area contributed by atoms with Gasteiger partial charge in [0.15, 0.2) is 5.96 Å². The number of ether oxygens (including phenoxy) is 1. The van der Waals surface area contributed by atoms with E-state index >= 15 is 0 Å². The SMILES string of the molecule is NC(N)=NCCCC(N)C(=O)O/C1=C/C(=O)OOC(=O)CC(N)C(=O)OOC1=O. The summed E-state index contributed by atoms with van der Waals surface area (Å²) in [5, 5.41) is 0. The normalized spacial score (nSPS) is 20.9. The molecule has 0 aromatic rings. The zero-order valence-electron chi connectivity index (χ0n) is 14.9. The molecule has 1 aliphatic heterocycles. The first-order valence-electron chi connectivity index (χ1n) is 7.94. The van der Waals surface area contributed by atoms with Crippen molar-refractivity contribution in [1.82, 2.24) is 0 Å². The van der Waals surface area contributed by atoms with Gasteiger partial charge in [0.2, 0.25) is 5.76 Å². The molecule has 1 aliphatic rings. The summed E-state index contributed by atoms with van der Waals surface area (Å²) in [5.41, 5.74) is 21.2. The molecule has 0 amide bonds. The highest BCUT2D eigenvalue weighted by Gasteiger charge is 2.29. The van der Waals surface area contributed by atoms with Crippen molar-refractivity contribution in [3.63, 3.8) is 0 Å². The van der Waals surface area contributed by atoms with Gasteiger partial charge in [-0.3, -0.25) is 4.99 Å². The van der Waals surface area contributed by atoms with Gasteiger partial charge in [-0.2, -0.15) is 0 Å². The number of carbonyl (C=O) groups is 5. The van der Waals surface area contributed by atoms with Gasteiger partial charge in [-0.05, 0) is 12.8 Å². The highest BCUT2D eigenvalue weighted by Crippen LogP contribution is 2.09. The van der Waals surface area contributed by atoms with Crippen LogP contribution in [0.4, 0.5) is 0 Å². The van der Waals surface area contributed by atoms with Gasteiger partial charge in [0.05, 0.1) is 12.5 Å². The summed E-state index contributed by atoms with van der Waals surface area (Å²) >= 11 is 0. The van der Waals surface area contributed by atoms with Gasteiger partial charge in [-0.25, -0.2) is 43.5 Å². The smallest absolute Gasteiger partial charge is 0.417 e. The Morgan fingerprint density at radius 2 is 1.86 bits per heavy atom. The van der Waals surface area contributed by atoms with Crippen molar-refractivity contribution < 1.29 is 48.3 Å². The molecule has 0 aromatic carbocycles. The maximum Gasteiger partial charge on any atom is 0.421 e. The van der Waals surface area contributed by atoms with Gasteiger partial charge in [0.25, 0.3) is 0 Å². The van der Waals surface area contributed by atoms with Crippen LogP contribution in [0.2, 0.25) is 0 Å². The molecule has 0 aliphatic carbocycles. The quantitative estimate of drug-likeness (QED) is 0.108. The number of aliphatic imine (C=N–C) groups is 1. The van der Waals surface area contributed by atoms with E-state index < -0.39 is 54.1 Å². The number of rotatable bonds is 6. The van der Waals surface area contributed by atoms with Gasteiger partial charge >= 0.3 is 29.8 Å². The Balaban J connectivity index is 2.83. The first kappa shape index (κ1) is 23.3. The highest BCUT2D eigenvalue weighted by atomic mass is 17.2. The number of guanidine groups is 1. The van der Waals surface area contributed by atoms with Crippen LogP contribution in [-0.2, 0) is 48.3 Å². The highest BCUT2D eigenvalue weighted by molar-refractivity contribution is 5.97. The molecule has 160 valence electrons. The van der Waals surface area contributed by atoms with Crippen molar-refractivity contribution in [3.8, 4) is 0 Å². The van der Waals surface area contributed by atoms with E-state index in [0.717, 1.165) is 0 Å². The molecule has 0 spiro atoms. The number of carbonyl (C=O) groups excluding carboxylic acids is 5. The second kappa shape index (κ2) is 11.2. The second-order valence-corrected chi connectivity index (χ2v) is 5.43. The summed E-state index contributed by atoms with van der Waals surface area (Å²) in [7, 11) is 0. The molecule has 0 bridgehead atoms. The predicted molar refractivity (Wildman–Crippen MR) is 89.0 cm³/mol. The molecule has 0 saturated heterocycles. The van der Waals surface area contributed by atoms with Crippen molar-refractivity contribution in [2.45, 2.75) is 31.3 Å². The fraction of sp³-hybridized carbons (Fsp3) is 0.429. The lowest BCUT2D eigenvalue weighted by atomic mass is 10.2. The molecule has 1 rings (SSSR count). The Labute approximate surface area is 162 Å². The van der Waals surface area contributed by atoms with E-state index in [-0.39, 0.29) is 18.9 Å². The Bertz CT molecular complexity index is 730. The summed E-state index contributed by atoms with van der Waals surface area (Å²) < 4.78 is 4.68. The molecular formula is C14H19N5O10. The van der Waals surface area contributed by atoms with Crippen LogP contribution in [0.3, 0.4) is 0 Å². The molecule has 0 aromatic heterocycles. The van der Waals surface area contributed by atoms with E-state index in [1.54, 1.807) is 0 Å². The average molecular weight is 417 g/mol. The van der Waals surface area contributed by atoms with Gasteiger partial charge in [0, 0.05) is 6.54 Å². The summed E-state index contributed by atoms with van der Waals surface area (Å²) in [6.45, 7) is 0.182. The minimum atomic E-state index is -1.58. The topological polar surface area (TPSA) is 248 Å². The Morgan fingerprint density at radius 3 is 2.52 bits per heavy atom. The maximum atomic E-state index is 12.0. The number of nitrogens with two attached hydrogens (primary N) is 4. The van der Waals surface area contributed by atoms with Crippen molar-refractivity contribution in [2.24, 2.45) is 27.9 Å². The molecule has 0 fully saturated rings. The van der Waals surface area contributed by atoms with Crippen LogP contribution in [0.1, 0.15) is 19.3 Å². The number of nitrogens with zero attached hydrogens (tertiary/aromatic N) is 1. The largest absolute Gasteiger partial charge is 0.421 e. The fourth-order valence-electron chi connectivity index (χ4n) is 1.65. The van der Waals surface area contributed by atoms with Crippen LogP contribution in [0, 0.1) is 0 Å². The fourth-order valence-corrected chi connectivity index (χ4v) is 1.65. The monoisotopic (exact) mass is 417 g/mol. The van der Waals surface area contributed by atoms with Crippen LogP contribution in [0.25, 0.3) is 0 Å². The van der Waals surface area contributed by atoms with Crippen LogP contribution < -0.4 is 22.9 Å². The van der Waals surface area contributed by atoms with Crippen LogP contribution in [-0.4, -0.2) is 54.4 Å². The summed E-state index contributed by atoms with van der Waals surface area (Å²) in [6.07, 6.45) is -0.0616. The van der Waals surface area contributed by atoms with Gasteiger partial charge in [-0.1, -0.05) is 0 Å². The average Bonchev–Trinajstić information content (AvgIpc) is 2.65. The molecule has 29 heavy (non-hydrogen) atoms. The van der Waals surface area contributed by atoms with Crippen LogP contribution in [0.5, 0.6) is 0 Å². The van der Waals surface area contributed by atoms with E-state index in [0.29, 0.717) is 12.5 Å². The third-order valence-corrected chi connectivity index (χ3v) is 3.04. The second-order valence-electron chi connectivity index (χ2n) is 5.43. The number of hydrogen-bond acceptors (Lipinski definition) is 13. The minimum Gasteiger partial charge on any atom is -0.417 e. The summed E-state index contributed by atoms with van der Waals surface area (Å²) in [5.74, 6) is -7.82. The van der Waals surface area contributed by atoms with E-state index in [2.05, 4.69) is 29.3 Å². The number of esters is 1. The lowest BCUT2D eigenvalue weighted by Gasteiger charge is -2.13. The predicted octanol–water partition coefficient (Wildman–Crippen LogP) is -3.47. The van der Waals surface area contributed by atoms with Crippen molar-refractivity contribution in [3.05, 3.63) is 11.8 Å². The molecule has 2 atom stereocenters. The zero-order chi connectivity index (χ0) is 22.0.